The zero-order valence-electron chi connectivity index (χ0n) is 9.92. The molecule has 0 aromatic heterocycles. The molecule has 1 saturated heterocycles. The predicted octanol–water partition coefficient (Wildman–Crippen LogP) is -0.381. The smallest absolute Gasteiger partial charge is 0.228 e. The molecule has 6 nitrogen and oxygen atoms in total. The number of carbonyl (C=O) groups is 1. The average Bonchev–Trinajstić information content (AvgIpc) is 2.14. The normalized spacial score (nSPS) is 23.5. The number of sulfone groups is 1. The molecular weight excluding hydrogens is 266 g/mol. The fourth-order valence-electron chi connectivity index (χ4n) is 1.87. The van der Waals surface area contributed by atoms with Gasteiger partial charge in [-0.05, 0) is 19.8 Å². The molecule has 0 radical (unpaired) electrons. The van der Waals surface area contributed by atoms with Crippen LogP contribution in [0.15, 0.2) is 0 Å². The molecule has 0 amide bonds. The van der Waals surface area contributed by atoms with E-state index in [0.29, 0.717) is 19.4 Å². The van der Waals surface area contributed by atoms with Gasteiger partial charge in [0.15, 0.2) is 14.9 Å². The zero-order valence-corrected chi connectivity index (χ0v) is 11.6. The second-order valence-corrected chi connectivity index (χ2v) is 8.94. The van der Waals surface area contributed by atoms with Crippen molar-refractivity contribution in [2.75, 3.05) is 24.4 Å². The summed E-state index contributed by atoms with van der Waals surface area (Å²) in [6, 6.07) is 0. The third kappa shape index (κ3) is 4.36. The molecule has 0 N–H and O–H groups in total. The second-order valence-electron chi connectivity index (χ2n) is 4.46. The molecule has 8 heteroatoms. The molecule has 0 spiro atoms. The molecule has 1 atom stereocenters. The van der Waals surface area contributed by atoms with Crippen LogP contribution in [-0.4, -0.2) is 51.4 Å². The maximum atomic E-state index is 11.8. The van der Waals surface area contributed by atoms with Crippen LogP contribution in [0, 0.1) is 5.92 Å². The Hall–Kier alpha value is -0.470. The third-order valence-corrected chi connectivity index (χ3v) is 6.74. The van der Waals surface area contributed by atoms with Crippen molar-refractivity contribution in [3.8, 4) is 0 Å². The molecule has 100 valence electrons. The van der Waals surface area contributed by atoms with Crippen LogP contribution >= 0.6 is 0 Å². The summed E-state index contributed by atoms with van der Waals surface area (Å²) in [6.45, 7) is 1.83. The molecule has 1 fully saturated rings. The Morgan fingerprint density at radius 1 is 1.29 bits per heavy atom. The molecule has 17 heavy (non-hydrogen) atoms. The monoisotopic (exact) mass is 283 g/mol. The lowest BCUT2D eigenvalue weighted by Crippen LogP contribution is -2.43. The Kier molecular flexibility index (Phi) is 4.32. The summed E-state index contributed by atoms with van der Waals surface area (Å²) in [4.78, 5) is 11.2. The highest BCUT2D eigenvalue weighted by Gasteiger charge is 2.32. The van der Waals surface area contributed by atoms with Gasteiger partial charge < -0.3 is 0 Å². The molecule has 1 unspecified atom stereocenters. The minimum Gasteiger partial charge on any atom is -0.300 e. The van der Waals surface area contributed by atoms with E-state index < -0.39 is 24.9 Å². The van der Waals surface area contributed by atoms with E-state index in [1.807, 2.05) is 0 Å². The highest BCUT2D eigenvalue weighted by atomic mass is 32.3. The van der Waals surface area contributed by atoms with Gasteiger partial charge in [-0.25, -0.2) is 21.1 Å². The van der Waals surface area contributed by atoms with Crippen molar-refractivity contribution in [1.82, 2.24) is 4.31 Å². The van der Waals surface area contributed by atoms with Crippen molar-refractivity contribution in [3.63, 3.8) is 0 Å². The zero-order chi connectivity index (χ0) is 13.3. The van der Waals surface area contributed by atoms with E-state index in [9.17, 15) is 21.6 Å². The minimum atomic E-state index is -3.81. The maximum absolute atomic E-state index is 11.8. The van der Waals surface area contributed by atoms with Crippen molar-refractivity contribution in [3.05, 3.63) is 0 Å². The lowest BCUT2D eigenvalue weighted by molar-refractivity contribution is -0.121. The highest BCUT2D eigenvalue weighted by Crippen LogP contribution is 2.20. The number of rotatable bonds is 4. The van der Waals surface area contributed by atoms with Crippen LogP contribution in [0.5, 0.6) is 0 Å². The van der Waals surface area contributed by atoms with Gasteiger partial charge >= 0.3 is 0 Å². The summed E-state index contributed by atoms with van der Waals surface area (Å²) in [5.41, 5.74) is 0. The fourth-order valence-corrected chi connectivity index (χ4v) is 5.45. The van der Waals surface area contributed by atoms with Gasteiger partial charge in [-0.15, -0.1) is 0 Å². The lowest BCUT2D eigenvalue weighted by atomic mass is 9.96. The van der Waals surface area contributed by atoms with Crippen molar-refractivity contribution < 1.29 is 21.6 Å². The Labute approximate surface area is 102 Å². The van der Waals surface area contributed by atoms with Crippen LogP contribution in [-0.2, 0) is 24.7 Å². The first-order valence-electron chi connectivity index (χ1n) is 5.28. The summed E-state index contributed by atoms with van der Waals surface area (Å²) >= 11 is 0. The van der Waals surface area contributed by atoms with E-state index in [-0.39, 0.29) is 18.2 Å². The van der Waals surface area contributed by atoms with E-state index in [2.05, 4.69) is 0 Å². The van der Waals surface area contributed by atoms with Gasteiger partial charge in [0, 0.05) is 25.3 Å². The van der Waals surface area contributed by atoms with Gasteiger partial charge in [-0.2, -0.15) is 0 Å². The molecular formula is C9H17NO5S2. The highest BCUT2D eigenvalue weighted by molar-refractivity contribution is 8.06. The number of sulfonamides is 1. The van der Waals surface area contributed by atoms with Gasteiger partial charge in [-0.1, -0.05) is 0 Å². The van der Waals surface area contributed by atoms with E-state index >= 15 is 0 Å². The van der Waals surface area contributed by atoms with Crippen molar-refractivity contribution in [2.45, 2.75) is 19.8 Å². The molecule has 1 heterocycles. The number of hydrogen-bond acceptors (Lipinski definition) is 5. The van der Waals surface area contributed by atoms with E-state index in [0.717, 1.165) is 10.6 Å². The second kappa shape index (κ2) is 5.03. The largest absolute Gasteiger partial charge is 0.300 e. The number of piperidine rings is 1. The number of hydrogen-bond donors (Lipinski definition) is 0. The minimum absolute atomic E-state index is 0.0516. The molecule has 0 aromatic rings. The van der Waals surface area contributed by atoms with Crippen LogP contribution in [0.2, 0.25) is 0 Å². The molecule has 1 aliphatic rings. The third-order valence-electron chi connectivity index (χ3n) is 2.72. The van der Waals surface area contributed by atoms with Crippen LogP contribution < -0.4 is 0 Å². The molecule has 1 rings (SSSR count). The topological polar surface area (TPSA) is 88.6 Å². The maximum Gasteiger partial charge on any atom is 0.228 e. The Morgan fingerprint density at radius 2 is 1.88 bits per heavy atom. The van der Waals surface area contributed by atoms with Crippen LogP contribution in [0.3, 0.4) is 0 Å². The van der Waals surface area contributed by atoms with Gasteiger partial charge in [0.05, 0.1) is 0 Å². The Bertz CT molecular complexity index is 493. The van der Waals surface area contributed by atoms with Crippen molar-refractivity contribution in [1.29, 1.82) is 0 Å². The Morgan fingerprint density at radius 3 is 2.35 bits per heavy atom. The van der Waals surface area contributed by atoms with Gasteiger partial charge in [0.25, 0.3) is 0 Å². The summed E-state index contributed by atoms with van der Waals surface area (Å²) in [6.07, 6.45) is 2.14. The summed E-state index contributed by atoms with van der Waals surface area (Å²) in [7, 11) is -7.40. The molecule has 1 aliphatic heterocycles. The lowest BCUT2D eigenvalue weighted by Gasteiger charge is -2.30. The first-order valence-corrected chi connectivity index (χ1v) is 8.95. The number of nitrogens with zero attached hydrogens (tertiary/aromatic N) is 1. The molecule has 0 aliphatic carbocycles. The standard InChI is InChI=1S/C9H17NO5S2/c1-8(11)9-4-3-5-10(6-9)17(14,15)7-16(2,12)13/h9H,3-7H2,1-2H3. The number of ketones is 1. The molecule has 0 bridgehead atoms. The predicted molar refractivity (Wildman–Crippen MR) is 63.6 cm³/mol. The van der Waals surface area contributed by atoms with Crippen LogP contribution in [0.25, 0.3) is 0 Å². The van der Waals surface area contributed by atoms with Gasteiger partial charge in [-0.3, -0.25) is 4.79 Å². The van der Waals surface area contributed by atoms with Crippen molar-refractivity contribution >= 4 is 25.6 Å². The summed E-state index contributed by atoms with van der Waals surface area (Å²) in [5.74, 6) is -0.359. The first kappa shape index (κ1) is 14.6. The van der Waals surface area contributed by atoms with Gasteiger partial charge in [0.2, 0.25) is 10.0 Å². The van der Waals surface area contributed by atoms with Crippen LogP contribution in [0.4, 0.5) is 0 Å². The van der Waals surface area contributed by atoms with E-state index in [1.165, 1.54) is 6.92 Å². The number of carbonyl (C=O) groups excluding carboxylic acids is 1. The van der Waals surface area contributed by atoms with Crippen molar-refractivity contribution in [2.24, 2.45) is 5.92 Å². The first-order chi connectivity index (χ1) is 7.62. The van der Waals surface area contributed by atoms with E-state index in [1.54, 1.807) is 0 Å². The van der Waals surface area contributed by atoms with Gasteiger partial charge in [0.1, 0.15) is 5.78 Å². The fraction of sp³-hybridized carbons (Fsp3) is 0.889. The Balaban J connectivity index is 2.82. The molecule has 0 aromatic carbocycles. The summed E-state index contributed by atoms with van der Waals surface area (Å²) in [5, 5.41) is -0.884. The van der Waals surface area contributed by atoms with E-state index in [4.69, 9.17) is 0 Å². The SMILES string of the molecule is CC(=O)C1CCCN(S(=O)(=O)CS(C)(=O)=O)C1. The quantitative estimate of drug-likeness (QED) is 0.701. The average molecular weight is 283 g/mol. The van der Waals surface area contributed by atoms with Crippen LogP contribution in [0.1, 0.15) is 19.8 Å². The summed E-state index contributed by atoms with van der Waals surface area (Å²) < 4.78 is 46.8. The number of Topliss-reactive ketones (excluding diaryl/α,β-unsaturated/α-hetero) is 1. The molecule has 0 saturated carbocycles.